The molecule has 1 unspecified atom stereocenters. The standard InChI is InChI=1S/C24H33N9O3/c1-7-8-11-26-21-20-18(28-22(29-21)30-32-25)14-33(31-20)13-17-10-9-16(12-19(17)35-6)15(2)27-23(34)36-24(3,4)5/h9-10,12,14-15H,7-8,11,13H2,1-6H3,(H,27,34)(H,26,28,29). The fraction of sp³-hybridized carbons (Fsp3) is 0.500. The molecule has 12 nitrogen and oxygen atoms in total. The number of benzene rings is 1. The van der Waals surface area contributed by atoms with Crippen molar-refractivity contribution in [2.45, 2.75) is 65.6 Å². The number of amides is 1. The number of azide groups is 1. The number of alkyl carbamates (subject to hydrolysis) is 1. The molecule has 1 amide bonds. The first-order valence-electron chi connectivity index (χ1n) is 11.8. The number of carbonyl (C=O) groups excluding carboxylic acids is 1. The summed E-state index contributed by atoms with van der Waals surface area (Å²) < 4.78 is 12.7. The Kier molecular flexibility index (Phi) is 8.55. The van der Waals surface area contributed by atoms with E-state index >= 15 is 0 Å². The normalized spacial score (nSPS) is 12.1. The van der Waals surface area contributed by atoms with Crippen molar-refractivity contribution in [3.63, 3.8) is 0 Å². The predicted octanol–water partition coefficient (Wildman–Crippen LogP) is 5.62. The van der Waals surface area contributed by atoms with Gasteiger partial charge in [0.2, 0.25) is 5.95 Å². The van der Waals surface area contributed by atoms with E-state index in [9.17, 15) is 4.79 Å². The first kappa shape index (κ1) is 26.6. The van der Waals surface area contributed by atoms with Gasteiger partial charge in [0, 0.05) is 17.0 Å². The second-order valence-corrected chi connectivity index (χ2v) is 9.34. The summed E-state index contributed by atoms with van der Waals surface area (Å²) in [6, 6.07) is 5.48. The average Bonchev–Trinajstić information content (AvgIpc) is 3.21. The summed E-state index contributed by atoms with van der Waals surface area (Å²) in [5.41, 5.74) is 11.2. The largest absolute Gasteiger partial charge is 0.496 e. The Morgan fingerprint density at radius 1 is 1.31 bits per heavy atom. The van der Waals surface area contributed by atoms with Crippen molar-refractivity contribution in [1.29, 1.82) is 0 Å². The summed E-state index contributed by atoms with van der Waals surface area (Å²) in [5.74, 6) is 1.22. The minimum Gasteiger partial charge on any atom is -0.496 e. The Morgan fingerprint density at radius 2 is 2.08 bits per heavy atom. The molecule has 0 spiro atoms. The monoisotopic (exact) mass is 495 g/mol. The molecule has 2 heterocycles. The van der Waals surface area contributed by atoms with Crippen molar-refractivity contribution in [3.8, 4) is 5.75 Å². The molecule has 12 heteroatoms. The molecule has 0 radical (unpaired) electrons. The molecule has 192 valence electrons. The first-order chi connectivity index (χ1) is 17.1. The molecular formula is C24H33N9O3. The SMILES string of the molecule is CCCCNc1nc(N=[N+]=[N-])nc2cn(Cc3ccc(C(C)NC(=O)OC(C)(C)C)cc3OC)nc12. The van der Waals surface area contributed by atoms with Crippen LogP contribution >= 0.6 is 0 Å². The molecule has 1 atom stereocenters. The Morgan fingerprint density at radius 3 is 2.75 bits per heavy atom. The topological polar surface area (TPSA) is 152 Å². The maximum atomic E-state index is 12.1. The van der Waals surface area contributed by atoms with Crippen molar-refractivity contribution < 1.29 is 14.3 Å². The molecule has 0 aliphatic carbocycles. The first-order valence-corrected chi connectivity index (χ1v) is 11.8. The van der Waals surface area contributed by atoms with Gasteiger partial charge in [-0.05, 0) is 56.4 Å². The number of hydrogen-bond donors (Lipinski definition) is 2. The van der Waals surface area contributed by atoms with Gasteiger partial charge in [0.05, 0.1) is 25.9 Å². The van der Waals surface area contributed by atoms with Gasteiger partial charge in [0.15, 0.2) is 11.3 Å². The minimum absolute atomic E-state index is 0.0388. The van der Waals surface area contributed by atoms with E-state index in [0.29, 0.717) is 29.1 Å². The fourth-order valence-electron chi connectivity index (χ4n) is 3.52. The highest BCUT2D eigenvalue weighted by molar-refractivity contribution is 5.85. The van der Waals surface area contributed by atoms with Crippen LogP contribution in [0.15, 0.2) is 29.5 Å². The minimum atomic E-state index is -0.573. The van der Waals surface area contributed by atoms with E-state index in [1.165, 1.54) is 0 Å². The lowest BCUT2D eigenvalue weighted by atomic mass is 10.0. The summed E-state index contributed by atoms with van der Waals surface area (Å²) in [6.07, 6.45) is 3.29. The number of hydrogen-bond acceptors (Lipinski definition) is 8. The Labute approximate surface area is 210 Å². The number of ether oxygens (including phenoxy) is 2. The van der Waals surface area contributed by atoms with Gasteiger partial charge in [-0.3, -0.25) is 4.68 Å². The van der Waals surface area contributed by atoms with Crippen LogP contribution in [0.4, 0.5) is 16.6 Å². The maximum Gasteiger partial charge on any atom is 0.408 e. The van der Waals surface area contributed by atoms with Crippen LogP contribution in [0.25, 0.3) is 21.5 Å². The number of nitrogens with zero attached hydrogens (tertiary/aromatic N) is 7. The van der Waals surface area contributed by atoms with Crippen LogP contribution < -0.4 is 15.4 Å². The highest BCUT2D eigenvalue weighted by Crippen LogP contribution is 2.27. The molecule has 0 fully saturated rings. The number of rotatable bonds is 10. The third kappa shape index (κ3) is 6.98. The Bertz CT molecular complexity index is 1260. The molecule has 0 saturated carbocycles. The van der Waals surface area contributed by atoms with E-state index in [0.717, 1.165) is 30.5 Å². The van der Waals surface area contributed by atoms with Crippen molar-refractivity contribution in [3.05, 3.63) is 46.0 Å². The number of carbonyl (C=O) groups is 1. The van der Waals surface area contributed by atoms with Crippen molar-refractivity contribution in [2.75, 3.05) is 19.0 Å². The van der Waals surface area contributed by atoms with Crippen molar-refractivity contribution in [1.82, 2.24) is 25.1 Å². The predicted molar refractivity (Wildman–Crippen MR) is 137 cm³/mol. The highest BCUT2D eigenvalue weighted by atomic mass is 16.6. The summed E-state index contributed by atoms with van der Waals surface area (Å²) >= 11 is 0. The van der Waals surface area contributed by atoms with Gasteiger partial charge in [-0.1, -0.05) is 25.5 Å². The van der Waals surface area contributed by atoms with Crippen LogP contribution in [-0.2, 0) is 11.3 Å². The molecule has 1 aromatic carbocycles. The molecule has 36 heavy (non-hydrogen) atoms. The fourth-order valence-corrected chi connectivity index (χ4v) is 3.52. The van der Waals surface area contributed by atoms with Crippen LogP contribution in [0.1, 0.15) is 64.6 Å². The zero-order valence-electron chi connectivity index (χ0n) is 21.6. The molecule has 3 aromatic rings. The number of unbranched alkanes of at least 4 members (excludes halogenated alkanes) is 1. The third-order valence-corrected chi connectivity index (χ3v) is 5.23. The summed E-state index contributed by atoms with van der Waals surface area (Å²) in [6.45, 7) is 10.6. The molecule has 0 aliphatic rings. The Balaban J connectivity index is 1.84. The third-order valence-electron chi connectivity index (χ3n) is 5.23. The van der Waals surface area contributed by atoms with Crippen molar-refractivity contribution in [2.24, 2.45) is 5.11 Å². The molecule has 2 aromatic heterocycles. The van der Waals surface area contributed by atoms with Gasteiger partial charge >= 0.3 is 6.09 Å². The second-order valence-electron chi connectivity index (χ2n) is 9.34. The van der Waals surface area contributed by atoms with Gasteiger partial charge in [-0.2, -0.15) is 5.10 Å². The second kappa shape index (κ2) is 11.6. The van der Waals surface area contributed by atoms with Gasteiger partial charge in [0.1, 0.15) is 16.9 Å². The van der Waals surface area contributed by atoms with E-state index in [1.54, 1.807) is 18.0 Å². The van der Waals surface area contributed by atoms with Crippen molar-refractivity contribution >= 4 is 28.9 Å². The quantitative estimate of drug-likeness (QED) is 0.160. The van der Waals surface area contributed by atoms with E-state index in [1.807, 2.05) is 45.9 Å². The van der Waals surface area contributed by atoms with E-state index in [4.69, 9.17) is 15.0 Å². The molecular weight excluding hydrogens is 462 g/mol. The summed E-state index contributed by atoms with van der Waals surface area (Å²) in [7, 11) is 1.60. The summed E-state index contributed by atoms with van der Waals surface area (Å²) in [5, 5.41) is 14.3. The van der Waals surface area contributed by atoms with Gasteiger partial charge < -0.3 is 20.1 Å². The molecule has 3 rings (SSSR count). The van der Waals surface area contributed by atoms with Crippen LogP contribution in [0.5, 0.6) is 5.75 Å². The van der Waals surface area contributed by atoms with Gasteiger partial charge in [0.25, 0.3) is 0 Å². The van der Waals surface area contributed by atoms with Gasteiger partial charge in [-0.25, -0.2) is 14.8 Å². The summed E-state index contributed by atoms with van der Waals surface area (Å²) in [4.78, 5) is 23.6. The molecule has 0 saturated heterocycles. The highest BCUT2D eigenvalue weighted by Gasteiger charge is 2.19. The van der Waals surface area contributed by atoms with E-state index < -0.39 is 11.7 Å². The molecule has 0 bridgehead atoms. The van der Waals surface area contributed by atoms with Gasteiger partial charge in [-0.15, -0.1) is 0 Å². The van der Waals surface area contributed by atoms with Crippen LogP contribution in [0.3, 0.4) is 0 Å². The maximum absolute atomic E-state index is 12.1. The van der Waals surface area contributed by atoms with Crippen LogP contribution in [0, 0.1) is 0 Å². The smallest absolute Gasteiger partial charge is 0.408 e. The number of methoxy groups -OCH3 is 1. The lowest BCUT2D eigenvalue weighted by Gasteiger charge is -2.22. The van der Waals surface area contributed by atoms with Crippen LogP contribution in [0.2, 0.25) is 0 Å². The average molecular weight is 496 g/mol. The molecule has 0 aliphatic heterocycles. The zero-order chi connectivity index (χ0) is 26.3. The lowest BCUT2D eigenvalue weighted by molar-refractivity contribution is 0.0508. The Hall–Kier alpha value is -4.05. The van der Waals surface area contributed by atoms with E-state index in [2.05, 4.69) is 42.6 Å². The van der Waals surface area contributed by atoms with E-state index in [-0.39, 0.29) is 12.0 Å². The number of anilines is 1. The number of aromatic nitrogens is 4. The number of nitrogens with one attached hydrogen (secondary N) is 2. The van der Waals surface area contributed by atoms with Crippen LogP contribution in [-0.4, -0.2) is 45.1 Å². The lowest BCUT2D eigenvalue weighted by Crippen LogP contribution is -2.34. The molecule has 2 N–H and O–H groups in total. The zero-order valence-corrected chi connectivity index (χ0v) is 21.6. The number of fused-ring (bicyclic) bond motifs is 1.